The van der Waals surface area contributed by atoms with Gasteiger partial charge in [-0.2, -0.15) is 0 Å². The number of ether oxygens (including phenoxy) is 1. The van der Waals surface area contributed by atoms with E-state index in [2.05, 4.69) is 0 Å². The molecule has 0 radical (unpaired) electrons. The number of hydrogen-bond acceptors (Lipinski definition) is 3. The molecule has 0 saturated carbocycles. The molecule has 2 unspecified atom stereocenters. The minimum absolute atomic E-state index is 0.170. The second kappa shape index (κ2) is 5.27. The number of rotatable bonds is 5. The maximum absolute atomic E-state index is 12.9. The Kier molecular flexibility index (Phi) is 4.26. The normalized spacial score (nSPS) is 16.6. The molecule has 4 heteroatoms. The minimum Gasteiger partial charge on any atom is -0.491 e. The fraction of sp³-hybridized carbons (Fsp3) is 0.500. The van der Waals surface area contributed by atoms with E-state index in [0.29, 0.717) is 12.2 Å². The average Bonchev–Trinajstić information content (AvgIpc) is 2.16. The average molecular weight is 227 g/mol. The van der Waals surface area contributed by atoms with Crippen molar-refractivity contribution in [1.82, 2.24) is 0 Å². The first-order valence-electron chi connectivity index (χ1n) is 5.27. The highest BCUT2D eigenvalue weighted by Gasteiger charge is 2.22. The molecule has 1 aromatic carbocycles. The SMILES string of the molecule is CC(CC(C)(O)CN)Oc1cccc(F)c1. The fourth-order valence-corrected chi connectivity index (χ4v) is 1.52. The van der Waals surface area contributed by atoms with E-state index in [0.717, 1.165) is 0 Å². The molecule has 0 heterocycles. The molecule has 2 atom stereocenters. The van der Waals surface area contributed by atoms with E-state index in [-0.39, 0.29) is 18.5 Å². The quantitative estimate of drug-likeness (QED) is 0.805. The van der Waals surface area contributed by atoms with E-state index in [1.165, 1.54) is 12.1 Å². The van der Waals surface area contributed by atoms with Crippen LogP contribution in [0.2, 0.25) is 0 Å². The van der Waals surface area contributed by atoms with E-state index >= 15 is 0 Å². The summed E-state index contributed by atoms with van der Waals surface area (Å²) in [4.78, 5) is 0. The third kappa shape index (κ3) is 4.16. The minimum atomic E-state index is -0.952. The highest BCUT2D eigenvalue weighted by molar-refractivity contribution is 5.22. The van der Waals surface area contributed by atoms with E-state index in [9.17, 15) is 9.50 Å². The van der Waals surface area contributed by atoms with Crippen molar-refractivity contribution in [2.24, 2.45) is 5.73 Å². The molecular weight excluding hydrogens is 209 g/mol. The molecule has 1 rings (SSSR count). The molecule has 0 bridgehead atoms. The molecule has 3 nitrogen and oxygen atoms in total. The molecule has 1 aromatic rings. The standard InChI is InChI=1S/C12H18FNO2/c1-9(7-12(2,15)8-14)16-11-5-3-4-10(13)6-11/h3-6,9,15H,7-8,14H2,1-2H3. The summed E-state index contributed by atoms with van der Waals surface area (Å²) in [5, 5.41) is 9.75. The predicted octanol–water partition coefficient (Wildman–Crippen LogP) is 1.69. The zero-order valence-electron chi connectivity index (χ0n) is 9.61. The highest BCUT2D eigenvalue weighted by Crippen LogP contribution is 2.18. The second-order valence-corrected chi connectivity index (χ2v) is 4.29. The molecule has 0 aliphatic carbocycles. The largest absolute Gasteiger partial charge is 0.491 e. The molecule has 0 aromatic heterocycles. The smallest absolute Gasteiger partial charge is 0.126 e. The van der Waals surface area contributed by atoms with Gasteiger partial charge in [-0.15, -0.1) is 0 Å². The maximum atomic E-state index is 12.9. The summed E-state index contributed by atoms with van der Waals surface area (Å²) in [6.07, 6.45) is 0.181. The number of halogens is 1. The van der Waals surface area contributed by atoms with Crippen molar-refractivity contribution in [1.29, 1.82) is 0 Å². The molecule has 3 N–H and O–H groups in total. The van der Waals surface area contributed by atoms with Gasteiger partial charge >= 0.3 is 0 Å². The summed E-state index contributed by atoms with van der Waals surface area (Å²) in [7, 11) is 0. The van der Waals surface area contributed by atoms with Gasteiger partial charge in [0.25, 0.3) is 0 Å². The summed E-state index contributed by atoms with van der Waals surface area (Å²) < 4.78 is 18.3. The maximum Gasteiger partial charge on any atom is 0.126 e. The molecule has 16 heavy (non-hydrogen) atoms. The third-order valence-electron chi connectivity index (χ3n) is 2.30. The Bertz CT molecular complexity index is 342. The summed E-state index contributed by atoms with van der Waals surface area (Å²) in [6, 6.07) is 5.93. The summed E-state index contributed by atoms with van der Waals surface area (Å²) in [6.45, 7) is 3.64. The molecule has 0 amide bonds. The van der Waals surface area contributed by atoms with Gasteiger partial charge in [-0.3, -0.25) is 0 Å². The van der Waals surface area contributed by atoms with Crippen LogP contribution in [0.1, 0.15) is 20.3 Å². The number of benzene rings is 1. The van der Waals surface area contributed by atoms with Crippen LogP contribution in [0.15, 0.2) is 24.3 Å². The van der Waals surface area contributed by atoms with Gasteiger partial charge in [0.15, 0.2) is 0 Å². The van der Waals surface area contributed by atoms with E-state index in [4.69, 9.17) is 10.5 Å². The van der Waals surface area contributed by atoms with Gasteiger partial charge in [-0.05, 0) is 26.0 Å². The number of nitrogens with two attached hydrogens (primary N) is 1. The summed E-state index contributed by atoms with van der Waals surface area (Å²) >= 11 is 0. The number of aliphatic hydroxyl groups is 1. The van der Waals surface area contributed by atoms with Crippen molar-refractivity contribution in [3.8, 4) is 5.75 Å². The monoisotopic (exact) mass is 227 g/mol. The second-order valence-electron chi connectivity index (χ2n) is 4.29. The van der Waals surface area contributed by atoms with Crippen molar-refractivity contribution >= 4 is 0 Å². The van der Waals surface area contributed by atoms with E-state index in [1.54, 1.807) is 19.1 Å². The van der Waals surface area contributed by atoms with Gasteiger partial charge in [-0.1, -0.05) is 6.07 Å². The Hall–Kier alpha value is -1.13. The van der Waals surface area contributed by atoms with Crippen LogP contribution in [-0.2, 0) is 0 Å². The van der Waals surface area contributed by atoms with Crippen LogP contribution >= 0.6 is 0 Å². The summed E-state index contributed by atoms with van der Waals surface area (Å²) in [5.41, 5.74) is 4.45. The molecule has 0 aliphatic heterocycles. The summed E-state index contributed by atoms with van der Waals surface area (Å²) in [5.74, 6) is 0.121. The van der Waals surface area contributed by atoms with Gasteiger partial charge in [0.05, 0.1) is 11.7 Å². The Morgan fingerprint density at radius 3 is 2.81 bits per heavy atom. The van der Waals surface area contributed by atoms with Crippen LogP contribution in [-0.4, -0.2) is 23.4 Å². The van der Waals surface area contributed by atoms with E-state index < -0.39 is 5.60 Å². The van der Waals surface area contributed by atoms with E-state index in [1.807, 2.05) is 6.92 Å². The van der Waals surface area contributed by atoms with Crippen LogP contribution in [0.3, 0.4) is 0 Å². The molecule has 0 fully saturated rings. The van der Waals surface area contributed by atoms with Gasteiger partial charge in [0.2, 0.25) is 0 Å². The fourth-order valence-electron chi connectivity index (χ4n) is 1.52. The zero-order chi connectivity index (χ0) is 12.2. The van der Waals surface area contributed by atoms with Crippen molar-refractivity contribution < 1.29 is 14.2 Å². The lowest BCUT2D eigenvalue weighted by Crippen LogP contribution is -2.38. The van der Waals surface area contributed by atoms with Gasteiger partial charge in [0, 0.05) is 19.0 Å². The van der Waals surface area contributed by atoms with Crippen molar-refractivity contribution in [2.45, 2.75) is 32.0 Å². The Morgan fingerprint density at radius 1 is 1.56 bits per heavy atom. The lowest BCUT2D eigenvalue weighted by Gasteiger charge is -2.25. The molecule has 0 spiro atoms. The van der Waals surface area contributed by atoms with Crippen LogP contribution in [0.5, 0.6) is 5.75 Å². The van der Waals surface area contributed by atoms with Crippen molar-refractivity contribution in [2.75, 3.05) is 6.54 Å². The van der Waals surface area contributed by atoms with Crippen LogP contribution < -0.4 is 10.5 Å². The topological polar surface area (TPSA) is 55.5 Å². The molecule has 0 saturated heterocycles. The lowest BCUT2D eigenvalue weighted by atomic mass is 9.99. The van der Waals surface area contributed by atoms with Gasteiger partial charge in [0.1, 0.15) is 11.6 Å². The lowest BCUT2D eigenvalue weighted by molar-refractivity contribution is 0.0237. The molecular formula is C12H18FNO2. The predicted molar refractivity (Wildman–Crippen MR) is 60.8 cm³/mol. The highest BCUT2D eigenvalue weighted by atomic mass is 19.1. The Labute approximate surface area is 95.0 Å². The first-order chi connectivity index (χ1) is 7.43. The third-order valence-corrected chi connectivity index (χ3v) is 2.30. The van der Waals surface area contributed by atoms with Crippen LogP contribution in [0.25, 0.3) is 0 Å². The van der Waals surface area contributed by atoms with Crippen molar-refractivity contribution in [3.05, 3.63) is 30.1 Å². The van der Waals surface area contributed by atoms with Crippen LogP contribution in [0.4, 0.5) is 4.39 Å². The van der Waals surface area contributed by atoms with Gasteiger partial charge in [-0.25, -0.2) is 4.39 Å². The Morgan fingerprint density at radius 2 is 2.25 bits per heavy atom. The molecule has 90 valence electrons. The first kappa shape index (κ1) is 12.9. The zero-order valence-corrected chi connectivity index (χ0v) is 9.61. The first-order valence-corrected chi connectivity index (χ1v) is 5.27. The van der Waals surface area contributed by atoms with Gasteiger partial charge < -0.3 is 15.6 Å². The van der Waals surface area contributed by atoms with Crippen LogP contribution in [0, 0.1) is 5.82 Å². The Balaban J connectivity index is 2.55. The molecule has 0 aliphatic rings. The number of hydrogen-bond donors (Lipinski definition) is 2. The van der Waals surface area contributed by atoms with Crippen molar-refractivity contribution in [3.63, 3.8) is 0 Å².